The third-order valence-electron chi connectivity index (χ3n) is 3.79. The Morgan fingerprint density at radius 3 is 2.71 bits per heavy atom. The number of nitrogens with one attached hydrogen (secondary N) is 1. The summed E-state index contributed by atoms with van der Waals surface area (Å²) in [5, 5.41) is 2.87. The molecule has 24 heavy (non-hydrogen) atoms. The van der Waals surface area contributed by atoms with Gasteiger partial charge >= 0.3 is 0 Å². The number of ether oxygens (including phenoxy) is 1. The van der Waals surface area contributed by atoms with E-state index in [0.29, 0.717) is 31.1 Å². The van der Waals surface area contributed by atoms with Crippen LogP contribution in [0.3, 0.4) is 0 Å². The van der Waals surface area contributed by atoms with Crippen molar-refractivity contribution in [1.29, 1.82) is 0 Å². The summed E-state index contributed by atoms with van der Waals surface area (Å²) in [7, 11) is 0. The normalized spacial score (nSPS) is 14.5. The first-order valence-corrected chi connectivity index (χ1v) is 9.05. The van der Waals surface area contributed by atoms with Gasteiger partial charge in [0.25, 0.3) is 5.91 Å². The number of hydrogen-bond acceptors (Lipinski definition) is 6. The Balaban J connectivity index is 1.60. The van der Waals surface area contributed by atoms with Crippen LogP contribution in [0.25, 0.3) is 0 Å². The molecular formula is C17H20N4O2S. The molecule has 1 aliphatic heterocycles. The molecule has 0 bridgehead atoms. The predicted molar refractivity (Wildman–Crippen MR) is 94.5 cm³/mol. The molecule has 1 amide bonds. The Bertz CT molecular complexity index is 687. The average molecular weight is 344 g/mol. The van der Waals surface area contributed by atoms with E-state index in [1.165, 1.54) is 0 Å². The smallest absolute Gasteiger partial charge is 0.251 e. The van der Waals surface area contributed by atoms with Crippen molar-refractivity contribution in [1.82, 2.24) is 15.3 Å². The molecule has 1 N–H and O–H groups in total. The first-order valence-electron chi connectivity index (χ1n) is 7.83. The fourth-order valence-electron chi connectivity index (χ4n) is 2.45. The number of amides is 1. The number of anilines is 1. The minimum absolute atomic E-state index is 0.122. The fraction of sp³-hybridized carbons (Fsp3) is 0.353. The molecule has 0 unspecified atom stereocenters. The van der Waals surface area contributed by atoms with E-state index >= 15 is 0 Å². The summed E-state index contributed by atoms with van der Waals surface area (Å²) in [6.45, 7) is 3.38. The highest BCUT2D eigenvalue weighted by Crippen LogP contribution is 2.15. The molecule has 0 radical (unpaired) electrons. The van der Waals surface area contributed by atoms with Crippen LogP contribution in [0.2, 0.25) is 0 Å². The second-order valence-electron chi connectivity index (χ2n) is 5.34. The maximum atomic E-state index is 12.2. The predicted octanol–water partition coefficient (Wildman–Crippen LogP) is 1.97. The molecule has 0 saturated carbocycles. The lowest BCUT2D eigenvalue weighted by molar-refractivity contribution is 0.0950. The fourth-order valence-corrected chi connectivity index (χ4v) is 2.85. The Labute approximate surface area is 145 Å². The van der Waals surface area contributed by atoms with Crippen LogP contribution in [0.4, 0.5) is 5.82 Å². The van der Waals surface area contributed by atoms with Gasteiger partial charge in [0.2, 0.25) is 0 Å². The zero-order valence-electron chi connectivity index (χ0n) is 13.6. The van der Waals surface area contributed by atoms with Crippen molar-refractivity contribution in [2.75, 3.05) is 37.5 Å². The number of aromatic nitrogens is 2. The number of carbonyl (C=O) groups is 1. The van der Waals surface area contributed by atoms with Crippen LogP contribution in [0, 0.1) is 0 Å². The van der Waals surface area contributed by atoms with Gasteiger partial charge in [0.1, 0.15) is 11.6 Å². The van der Waals surface area contributed by atoms with E-state index in [2.05, 4.69) is 20.2 Å². The van der Waals surface area contributed by atoms with Gasteiger partial charge in [-0.25, -0.2) is 9.97 Å². The second kappa shape index (κ2) is 8.12. The minimum atomic E-state index is -0.122. The van der Waals surface area contributed by atoms with E-state index in [1.54, 1.807) is 18.0 Å². The van der Waals surface area contributed by atoms with Gasteiger partial charge in [-0.1, -0.05) is 0 Å². The van der Waals surface area contributed by atoms with E-state index < -0.39 is 0 Å². The van der Waals surface area contributed by atoms with Crippen LogP contribution in [0.5, 0.6) is 0 Å². The summed E-state index contributed by atoms with van der Waals surface area (Å²) in [5.74, 6) is 1.36. The standard InChI is InChI=1S/C17H20N4O2S/c1-24-14-4-2-13(3-5-14)17(22)19-12-15-18-7-6-16(20-15)21-8-10-23-11-9-21/h2-7H,8-12H2,1H3,(H,19,22). The molecular weight excluding hydrogens is 324 g/mol. The number of morpholine rings is 1. The van der Waals surface area contributed by atoms with Crippen LogP contribution in [-0.4, -0.2) is 48.4 Å². The first kappa shape index (κ1) is 16.7. The van der Waals surface area contributed by atoms with Crippen molar-refractivity contribution >= 4 is 23.5 Å². The number of nitrogens with zero attached hydrogens (tertiary/aromatic N) is 3. The maximum absolute atomic E-state index is 12.2. The number of carbonyl (C=O) groups excluding carboxylic acids is 1. The van der Waals surface area contributed by atoms with E-state index in [1.807, 2.05) is 36.6 Å². The number of hydrogen-bond donors (Lipinski definition) is 1. The molecule has 1 aliphatic rings. The highest BCUT2D eigenvalue weighted by atomic mass is 32.2. The molecule has 1 aromatic heterocycles. The molecule has 2 heterocycles. The molecule has 2 aromatic rings. The zero-order valence-corrected chi connectivity index (χ0v) is 14.4. The lowest BCUT2D eigenvalue weighted by atomic mass is 10.2. The minimum Gasteiger partial charge on any atom is -0.378 e. The van der Waals surface area contributed by atoms with Crippen LogP contribution in [0.15, 0.2) is 41.4 Å². The van der Waals surface area contributed by atoms with Crippen molar-refractivity contribution in [2.24, 2.45) is 0 Å². The second-order valence-corrected chi connectivity index (χ2v) is 6.22. The summed E-state index contributed by atoms with van der Waals surface area (Å²) in [4.78, 5) is 24.3. The first-order chi connectivity index (χ1) is 11.8. The Morgan fingerprint density at radius 2 is 2.00 bits per heavy atom. The van der Waals surface area contributed by atoms with Gasteiger partial charge in [-0.3, -0.25) is 4.79 Å². The molecule has 6 nitrogen and oxygen atoms in total. The van der Waals surface area contributed by atoms with E-state index in [-0.39, 0.29) is 5.91 Å². The molecule has 1 aromatic carbocycles. The number of rotatable bonds is 5. The summed E-state index contributed by atoms with van der Waals surface area (Å²) in [6.07, 6.45) is 3.74. The van der Waals surface area contributed by atoms with Gasteiger partial charge in [0.05, 0.1) is 19.8 Å². The summed E-state index contributed by atoms with van der Waals surface area (Å²) >= 11 is 1.65. The van der Waals surface area contributed by atoms with Gasteiger partial charge in [-0.15, -0.1) is 11.8 Å². The Morgan fingerprint density at radius 1 is 1.25 bits per heavy atom. The van der Waals surface area contributed by atoms with Gasteiger partial charge < -0.3 is 15.0 Å². The van der Waals surface area contributed by atoms with Gasteiger partial charge in [0, 0.05) is 29.7 Å². The average Bonchev–Trinajstić information content (AvgIpc) is 2.67. The highest BCUT2D eigenvalue weighted by molar-refractivity contribution is 7.98. The molecule has 0 spiro atoms. The van der Waals surface area contributed by atoms with Crippen LogP contribution in [0.1, 0.15) is 16.2 Å². The summed E-state index contributed by atoms with van der Waals surface area (Å²) in [5.41, 5.74) is 0.636. The third kappa shape index (κ3) is 4.24. The summed E-state index contributed by atoms with van der Waals surface area (Å²) < 4.78 is 5.35. The van der Waals surface area contributed by atoms with E-state index in [4.69, 9.17) is 4.74 Å². The number of thioether (sulfide) groups is 1. The summed E-state index contributed by atoms with van der Waals surface area (Å²) in [6, 6.07) is 9.42. The van der Waals surface area contributed by atoms with E-state index in [9.17, 15) is 4.79 Å². The van der Waals surface area contributed by atoms with Crippen molar-refractivity contribution in [3.63, 3.8) is 0 Å². The van der Waals surface area contributed by atoms with Crippen molar-refractivity contribution in [3.05, 3.63) is 47.9 Å². The zero-order chi connectivity index (χ0) is 16.8. The molecule has 126 valence electrons. The molecule has 1 saturated heterocycles. The Kier molecular flexibility index (Phi) is 5.66. The topological polar surface area (TPSA) is 67.4 Å². The third-order valence-corrected chi connectivity index (χ3v) is 4.53. The van der Waals surface area contributed by atoms with Crippen LogP contribution >= 0.6 is 11.8 Å². The number of benzene rings is 1. The van der Waals surface area contributed by atoms with Crippen LogP contribution in [-0.2, 0) is 11.3 Å². The quantitative estimate of drug-likeness (QED) is 0.837. The molecule has 1 fully saturated rings. The molecule has 0 aliphatic carbocycles. The molecule has 7 heteroatoms. The lowest BCUT2D eigenvalue weighted by Crippen LogP contribution is -2.37. The Hall–Kier alpha value is -2.12. The molecule has 3 rings (SSSR count). The van der Waals surface area contributed by atoms with Gasteiger partial charge in [-0.2, -0.15) is 0 Å². The van der Waals surface area contributed by atoms with Gasteiger partial charge in [-0.05, 0) is 36.6 Å². The maximum Gasteiger partial charge on any atom is 0.251 e. The van der Waals surface area contributed by atoms with Gasteiger partial charge in [0.15, 0.2) is 0 Å². The van der Waals surface area contributed by atoms with Crippen molar-refractivity contribution in [3.8, 4) is 0 Å². The lowest BCUT2D eigenvalue weighted by Gasteiger charge is -2.27. The van der Waals surface area contributed by atoms with Crippen LogP contribution < -0.4 is 10.2 Å². The highest BCUT2D eigenvalue weighted by Gasteiger charge is 2.13. The van der Waals surface area contributed by atoms with E-state index in [0.717, 1.165) is 23.8 Å². The van der Waals surface area contributed by atoms with Crippen molar-refractivity contribution in [2.45, 2.75) is 11.4 Å². The molecule has 0 atom stereocenters. The largest absolute Gasteiger partial charge is 0.378 e. The monoisotopic (exact) mass is 344 g/mol. The SMILES string of the molecule is CSc1ccc(C(=O)NCc2nccc(N3CCOCC3)n2)cc1. The van der Waals surface area contributed by atoms with Crippen molar-refractivity contribution < 1.29 is 9.53 Å².